The summed E-state index contributed by atoms with van der Waals surface area (Å²) in [5.41, 5.74) is -1.38. The maximum Gasteiger partial charge on any atom is 0.530 e. The Labute approximate surface area is 144 Å². The van der Waals surface area contributed by atoms with E-state index in [1.807, 2.05) is 6.92 Å². The van der Waals surface area contributed by atoms with Gasteiger partial charge in [0.1, 0.15) is 16.4 Å². The van der Waals surface area contributed by atoms with Gasteiger partial charge in [0.25, 0.3) is 0 Å². The predicted molar refractivity (Wildman–Crippen MR) is 84.8 cm³/mol. The Bertz CT molecular complexity index is 380. The van der Waals surface area contributed by atoms with Crippen LogP contribution in [0, 0.1) is 0 Å². The molecule has 4 nitrogen and oxygen atoms in total. The van der Waals surface area contributed by atoms with Crippen LogP contribution in [0.1, 0.15) is 33.6 Å². The second-order valence-corrected chi connectivity index (χ2v) is 8.80. The molecule has 0 radical (unpaired) electrons. The normalized spacial score (nSPS) is 18.0. The molecule has 0 fully saturated rings. The monoisotopic (exact) mass is 406 g/mol. The van der Waals surface area contributed by atoms with Gasteiger partial charge in [-0.1, -0.05) is 71.9 Å². The molecular weight excluding hydrogens is 392 g/mol. The molecule has 0 rings (SSSR count). The Hall–Kier alpha value is 1.14. The Balaban J connectivity index is 5.23. The standard InChI is InChI=1S/C10H16Cl5O4P/c1-4-6-17-20(16,18-7-8(11)12)19-9(3,5-2)10(13,14)15/h7H,4-6H2,1-3H3/t9-,20+/m1/s1. The molecule has 0 saturated carbocycles. The van der Waals surface area contributed by atoms with Crippen LogP contribution >= 0.6 is 65.8 Å². The Morgan fingerprint density at radius 1 is 1.25 bits per heavy atom. The minimum Gasteiger partial charge on any atom is -0.409 e. The summed E-state index contributed by atoms with van der Waals surface area (Å²) >= 11 is 28.4. The van der Waals surface area contributed by atoms with Crippen molar-refractivity contribution in [2.75, 3.05) is 6.61 Å². The zero-order valence-corrected chi connectivity index (χ0v) is 15.8. The molecule has 2 atom stereocenters. The van der Waals surface area contributed by atoms with Gasteiger partial charge in [-0.05, 0) is 19.8 Å². The van der Waals surface area contributed by atoms with Crippen LogP contribution in [-0.2, 0) is 18.1 Å². The average molecular weight is 408 g/mol. The molecule has 120 valence electrons. The minimum atomic E-state index is -4.02. The molecule has 0 heterocycles. The van der Waals surface area contributed by atoms with Crippen LogP contribution in [0.15, 0.2) is 10.8 Å². The first-order valence-electron chi connectivity index (χ1n) is 5.71. The molecule has 0 aliphatic carbocycles. The van der Waals surface area contributed by atoms with Crippen LogP contribution in [0.25, 0.3) is 0 Å². The lowest BCUT2D eigenvalue weighted by Crippen LogP contribution is -2.41. The van der Waals surface area contributed by atoms with Gasteiger partial charge in [-0.15, -0.1) is 0 Å². The molecule has 0 saturated heterocycles. The van der Waals surface area contributed by atoms with Gasteiger partial charge in [0, 0.05) is 0 Å². The van der Waals surface area contributed by atoms with Crippen LogP contribution < -0.4 is 0 Å². The number of phosphoric acid groups is 1. The van der Waals surface area contributed by atoms with Crippen molar-refractivity contribution in [1.82, 2.24) is 0 Å². The molecule has 0 aromatic rings. The van der Waals surface area contributed by atoms with Crippen LogP contribution in [0.2, 0.25) is 0 Å². The summed E-state index contributed by atoms with van der Waals surface area (Å²) in [6.45, 7) is 5.14. The highest BCUT2D eigenvalue weighted by Crippen LogP contribution is 2.58. The maximum atomic E-state index is 12.5. The Kier molecular flexibility index (Phi) is 9.18. The van der Waals surface area contributed by atoms with E-state index >= 15 is 0 Å². The van der Waals surface area contributed by atoms with Crippen LogP contribution in [0.3, 0.4) is 0 Å². The third kappa shape index (κ3) is 6.93. The van der Waals surface area contributed by atoms with E-state index in [0.717, 1.165) is 6.26 Å². The van der Waals surface area contributed by atoms with Gasteiger partial charge in [-0.3, -0.25) is 9.05 Å². The third-order valence-corrected chi connectivity index (χ3v) is 5.18. The molecule has 0 bridgehead atoms. The lowest BCUT2D eigenvalue weighted by atomic mass is 10.1. The van der Waals surface area contributed by atoms with E-state index in [2.05, 4.69) is 0 Å². The van der Waals surface area contributed by atoms with Crippen molar-refractivity contribution < 1.29 is 18.1 Å². The van der Waals surface area contributed by atoms with Gasteiger partial charge in [0.2, 0.25) is 3.79 Å². The third-order valence-electron chi connectivity index (χ3n) is 2.31. The number of hydrogen-bond donors (Lipinski definition) is 0. The zero-order valence-electron chi connectivity index (χ0n) is 11.2. The van der Waals surface area contributed by atoms with E-state index in [1.54, 1.807) is 6.92 Å². The molecule has 0 amide bonds. The van der Waals surface area contributed by atoms with E-state index in [0.29, 0.717) is 6.42 Å². The highest BCUT2D eigenvalue weighted by molar-refractivity contribution is 7.48. The highest BCUT2D eigenvalue weighted by atomic mass is 35.6. The molecular formula is C10H16Cl5O4P. The van der Waals surface area contributed by atoms with Gasteiger partial charge in [0.05, 0.1) is 6.61 Å². The summed E-state index contributed by atoms with van der Waals surface area (Å²) in [6.07, 6.45) is 1.68. The molecule has 0 aliphatic rings. The first-order chi connectivity index (χ1) is 8.99. The number of phosphoric ester groups is 1. The Morgan fingerprint density at radius 2 is 1.80 bits per heavy atom. The number of hydrogen-bond acceptors (Lipinski definition) is 4. The van der Waals surface area contributed by atoms with Gasteiger partial charge in [-0.2, -0.15) is 0 Å². The quantitative estimate of drug-likeness (QED) is 0.266. The van der Waals surface area contributed by atoms with E-state index in [1.165, 1.54) is 6.92 Å². The second kappa shape index (κ2) is 8.69. The maximum absolute atomic E-state index is 12.5. The summed E-state index contributed by atoms with van der Waals surface area (Å²) in [6, 6.07) is 0. The van der Waals surface area contributed by atoms with Crippen molar-refractivity contribution in [2.24, 2.45) is 0 Å². The van der Waals surface area contributed by atoms with E-state index in [9.17, 15) is 4.57 Å². The second-order valence-electron chi connectivity index (χ2n) is 3.97. The summed E-state index contributed by atoms with van der Waals surface area (Å²) in [5, 5.41) is 0. The molecule has 0 aliphatic heterocycles. The van der Waals surface area contributed by atoms with Gasteiger partial charge in [0.15, 0.2) is 0 Å². The molecule has 0 aromatic heterocycles. The first kappa shape index (κ1) is 21.1. The fourth-order valence-electron chi connectivity index (χ4n) is 0.949. The molecule has 10 heteroatoms. The highest BCUT2D eigenvalue weighted by Gasteiger charge is 2.50. The first-order valence-corrected chi connectivity index (χ1v) is 9.06. The Morgan fingerprint density at radius 3 is 2.15 bits per heavy atom. The smallest absolute Gasteiger partial charge is 0.409 e. The predicted octanol–water partition coefficient (Wildman–Crippen LogP) is 6.37. The van der Waals surface area contributed by atoms with Gasteiger partial charge in [-0.25, -0.2) is 4.57 Å². The van der Waals surface area contributed by atoms with Gasteiger partial charge < -0.3 is 4.52 Å². The van der Waals surface area contributed by atoms with Crippen molar-refractivity contribution in [1.29, 1.82) is 0 Å². The van der Waals surface area contributed by atoms with Crippen molar-refractivity contribution in [3.8, 4) is 0 Å². The summed E-state index contributed by atoms with van der Waals surface area (Å²) in [4.78, 5) is 0. The lowest BCUT2D eigenvalue weighted by Gasteiger charge is -2.36. The number of halogens is 5. The summed E-state index contributed by atoms with van der Waals surface area (Å²) in [5.74, 6) is 0. The minimum absolute atomic E-state index is 0.130. The van der Waals surface area contributed by atoms with Crippen molar-refractivity contribution >= 4 is 65.8 Å². The summed E-state index contributed by atoms with van der Waals surface area (Å²) < 4.78 is 25.8. The number of alkyl halides is 3. The topological polar surface area (TPSA) is 44.8 Å². The molecule has 0 aromatic carbocycles. The van der Waals surface area contributed by atoms with Crippen LogP contribution in [0.5, 0.6) is 0 Å². The van der Waals surface area contributed by atoms with E-state index < -0.39 is 17.2 Å². The fourth-order valence-corrected chi connectivity index (χ4v) is 3.40. The SMILES string of the molecule is CCCO[P@@](=O)(OC=C(Cl)Cl)O[C@](C)(CC)C(Cl)(Cl)Cl. The van der Waals surface area contributed by atoms with Crippen LogP contribution in [0.4, 0.5) is 0 Å². The van der Waals surface area contributed by atoms with Crippen LogP contribution in [-0.4, -0.2) is 16.0 Å². The largest absolute Gasteiger partial charge is 0.530 e. The number of rotatable bonds is 8. The molecule has 20 heavy (non-hydrogen) atoms. The molecule has 0 spiro atoms. The van der Waals surface area contributed by atoms with E-state index in [4.69, 9.17) is 71.6 Å². The van der Waals surface area contributed by atoms with E-state index in [-0.39, 0.29) is 17.5 Å². The van der Waals surface area contributed by atoms with Crippen molar-refractivity contribution in [3.63, 3.8) is 0 Å². The summed E-state index contributed by atoms with van der Waals surface area (Å²) in [7, 11) is -4.02. The van der Waals surface area contributed by atoms with Crippen molar-refractivity contribution in [3.05, 3.63) is 10.8 Å². The average Bonchev–Trinajstić information content (AvgIpc) is 2.32. The zero-order chi connectivity index (χ0) is 16.0. The van der Waals surface area contributed by atoms with Crippen molar-refractivity contribution in [2.45, 2.75) is 43.0 Å². The lowest BCUT2D eigenvalue weighted by molar-refractivity contribution is 0.0322. The molecule has 0 N–H and O–H groups in total. The fraction of sp³-hybridized carbons (Fsp3) is 0.800. The van der Waals surface area contributed by atoms with Gasteiger partial charge >= 0.3 is 7.82 Å². The molecule has 0 unspecified atom stereocenters.